The molecular formula is C16H20O3. The Bertz CT molecular complexity index is 477. The molecule has 0 aromatic heterocycles. The van der Waals surface area contributed by atoms with Crippen molar-refractivity contribution >= 4 is 5.97 Å². The highest BCUT2D eigenvalue weighted by Gasteiger charge is 2.19. The fourth-order valence-electron chi connectivity index (χ4n) is 2.53. The maximum atomic E-state index is 10.9. The quantitative estimate of drug-likeness (QED) is 0.824. The van der Waals surface area contributed by atoms with Crippen LogP contribution in [0.5, 0.6) is 0 Å². The lowest BCUT2D eigenvalue weighted by molar-refractivity contribution is -0.132. The van der Waals surface area contributed by atoms with E-state index in [4.69, 9.17) is 9.84 Å². The second-order valence-electron chi connectivity index (χ2n) is 4.80. The van der Waals surface area contributed by atoms with Gasteiger partial charge in [-0.25, -0.2) is 4.79 Å². The van der Waals surface area contributed by atoms with Crippen molar-refractivity contribution in [2.24, 2.45) is 0 Å². The number of benzene rings is 1. The first kappa shape index (κ1) is 13.8. The number of fused-ring (bicyclic) bond motifs is 1. The van der Waals surface area contributed by atoms with Crippen LogP contribution in [-0.4, -0.2) is 17.7 Å². The molecule has 1 aromatic rings. The number of aliphatic carboxylic acids is 1. The molecule has 3 heteroatoms. The normalized spacial score (nSPS) is 19.0. The second kappa shape index (κ2) is 6.53. The van der Waals surface area contributed by atoms with Gasteiger partial charge in [0.25, 0.3) is 0 Å². The van der Waals surface area contributed by atoms with Gasteiger partial charge in [0.05, 0.1) is 12.7 Å². The lowest BCUT2D eigenvalue weighted by Crippen LogP contribution is -2.13. The topological polar surface area (TPSA) is 46.5 Å². The molecule has 0 radical (unpaired) electrons. The number of hydrogen-bond donors (Lipinski definition) is 1. The number of carboxylic acids is 1. The summed E-state index contributed by atoms with van der Waals surface area (Å²) >= 11 is 0. The molecular weight excluding hydrogens is 240 g/mol. The predicted octanol–water partition coefficient (Wildman–Crippen LogP) is 3.50. The molecule has 1 aliphatic carbocycles. The molecule has 0 spiro atoms. The lowest BCUT2D eigenvalue weighted by atomic mass is 9.89. The summed E-state index contributed by atoms with van der Waals surface area (Å²) in [5, 5.41) is 8.94. The van der Waals surface area contributed by atoms with Crippen molar-refractivity contribution in [2.75, 3.05) is 6.61 Å². The van der Waals surface area contributed by atoms with Crippen LogP contribution in [-0.2, 0) is 16.0 Å². The molecule has 0 heterocycles. The summed E-state index contributed by atoms with van der Waals surface area (Å²) in [4.78, 5) is 10.9. The first-order chi connectivity index (χ1) is 9.22. The molecule has 2 rings (SSSR count). The van der Waals surface area contributed by atoms with E-state index < -0.39 is 5.97 Å². The van der Waals surface area contributed by atoms with Crippen molar-refractivity contribution in [3.63, 3.8) is 0 Å². The van der Waals surface area contributed by atoms with Crippen LogP contribution in [0.4, 0.5) is 0 Å². The van der Waals surface area contributed by atoms with Gasteiger partial charge in [-0.15, -0.1) is 0 Å². The Hall–Kier alpha value is -1.61. The van der Waals surface area contributed by atoms with Gasteiger partial charge in [0.15, 0.2) is 0 Å². The first-order valence-electron chi connectivity index (χ1n) is 6.84. The molecule has 0 amide bonds. The van der Waals surface area contributed by atoms with Gasteiger partial charge in [-0.3, -0.25) is 0 Å². The first-order valence-corrected chi connectivity index (χ1v) is 6.84. The standard InChI is InChI=1S/C16H20O3/c1-2-12(16(17)18)10-11-19-15-9-5-7-13-6-3-4-8-14(13)15/h3-4,6,8,10,15H,2,5,7,9,11H2,1H3,(H,17,18). The van der Waals surface area contributed by atoms with Crippen LogP contribution in [0.3, 0.4) is 0 Å². The molecule has 0 bridgehead atoms. The van der Waals surface area contributed by atoms with Gasteiger partial charge < -0.3 is 9.84 Å². The highest BCUT2D eigenvalue weighted by molar-refractivity contribution is 5.86. The summed E-state index contributed by atoms with van der Waals surface area (Å²) in [6.07, 6.45) is 5.57. The SMILES string of the molecule is CCC(=CCOC1CCCc2ccccc21)C(=O)O. The number of hydrogen-bond acceptors (Lipinski definition) is 2. The molecule has 19 heavy (non-hydrogen) atoms. The summed E-state index contributed by atoms with van der Waals surface area (Å²) in [5.74, 6) is -0.852. The largest absolute Gasteiger partial charge is 0.478 e. The Morgan fingerprint density at radius 3 is 3.00 bits per heavy atom. The monoisotopic (exact) mass is 260 g/mol. The Morgan fingerprint density at radius 2 is 2.26 bits per heavy atom. The lowest BCUT2D eigenvalue weighted by Gasteiger charge is -2.25. The van der Waals surface area contributed by atoms with Crippen LogP contribution in [0.1, 0.15) is 43.4 Å². The number of ether oxygens (including phenoxy) is 1. The number of rotatable bonds is 5. The minimum Gasteiger partial charge on any atom is -0.478 e. The van der Waals surface area contributed by atoms with Crippen LogP contribution < -0.4 is 0 Å². The molecule has 1 unspecified atom stereocenters. The molecule has 1 aromatic carbocycles. The summed E-state index contributed by atoms with van der Waals surface area (Å²) in [5.41, 5.74) is 3.04. The third kappa shape index (κ3) is 3.44. The Balaban J connectivity index is 2.00. The third-order valence-corrected chi connectivity index (χ3v) is 3.60. The summed E-state index contributed by atoms with van der Waals surface area (Å²) in [6.45, 7) is 2.21. The van der Waals surface area contributed by atoms with Gasteiger partial charge in [0, 0.05) is 5.57 Å². The van der Waals surface area contributed by atoms with Gasteiger partial charge in [-0.2, -0.15) is 0 Å². The van der Waals surface area contributed by atoms with Crippen molar-refractivity contribution in [1.29, 1.82) is 0 Å². The number of carboxylic acid groups (broad SMARTS) is 1. The maximum absolute atomic E-state index is 10.9. The molecule has 1 aliphatic rings. The smallest absolute Gasteiger partial charge is 0.331 e. The molecule has 0 fully saturated rings. The van der Waals surface area contributed by atoms with Crippen molar-refractivity contribution < 1.29 is 14.6 Å². The average molecular weight is 260 g/mol. The van der Waals surface area contributed by atoms with Crippen LogP contribution in [0.2, 0.25) is 0 Å². The predicted molar refractivity (Wildman–Crippen MR) is 74.1 cm³/mol. The van der Waals surface area contributed by atoms with Crippen LogP contribution in [0, 0.1) is 0 Å². The summed E-state index contributed by atoms with van der Waals surface area (Å²) < 4.78 is 5.85. The molecule has 1 N–H and O–H groups in total. The fourth-order valence-corrected chi connectivity index (χ4v) is 2.53. The van der Waals surface area contributed by atoms with Crippen molar-refractivity contribution in [3.05, 3.63) is 47.0 Å². The van der Waals surface area contributed by atoms with Gasteiger partial charge in [0.1, 0.15) is 0 Å². The van der Waals surface area contributed by atoms with E-state index in [2.05, 4.69) is 18.2 Å². The van der Waals surface area contributed by atoms with E-state index in [9.17, 15) is 4.79 Å². The Labute approximate surface area is 113 Å². The molecule has 0 aliphatic heterocycles. The Kier molecular flexibility index (Phi) is 4.74. The van der Waals surface area contributed by atoms with Crippen LogP contribution in [0.15, 0.2) is 35.9 Å². The van der Waals surface area contributed by atoms with Crippen molar-refractivity contribution in [2.45, 2.75) is 38.7 Å². The molecule has 0 saturated carbocycles. The average Bonchev–Trinajstić information content (AvgIpc) is 2.43. The van der Waals surface area contributed by atoms with Crippen molar-refractivity contribution in [3.8, 4) is 0 Å². The van der Waals surface area contributed by atoms with E-state index >= 15 is 0 Å². The fraction of sp³-hybridized carbons (Fsp3) is 0.438. The van der Waals surface area contributed by atoms with Gasteiger partial charge in [-0.05, 0) is 42.9 Å². The summed E-state index contributed by atoms with van der Waals surface area (Å²) in [6, 6.07) is 8.35. The van der Waals surface area contributed by atoms with Crippen molar-refractivity contribution in [1.82, 2.24) is 0 Å². The highest BCUT2D eigenvalue weighted by Crippen LogP contribution is 2.32. The zero-order valence-electron chi connectivity index (χ0n) is 11.3. The molecule has 0 saturated heterocycles. The van der Waals surface area contributed by atoms with Crippen LogP contribution in [0.25, 0.3) is 0 Å². The zero-order chi connectivity index (χ0) is 13.7. The molecule has 3 nitrogen and oxygen atoms in total. The van der Waals surface area contributed by atoms with Crippen LogP contribution >= 0.6 is 0 Å². The van der Waals surface area contributed by atoms with E-state index in [-0.39, 0.29) is 6.10 Å². The van der Waals surface area contributed by atoms with E-state index in [0.29, 0.717) is 18.6 Å². The molecule has 1 atom stereocenters. The van der Waals surface area contributed by atoms with E-state index in [0.717, 1.165) is 19.3 Å². The van der Waals surface area contributed by atoms with Gasteiger partial charge >= 0.3 is 5.97 Å². The number of carbonyl (C=O) groups is 1. The second-order valence-corrected chi connectivity index (χ2v) is 4.80. The summed E-state index contributed by atoms with van der Waals surface area (Å²) in [7, 11) is 0. The number of aryl methyl sites for hydroxylation is 1. The highest BCUT2D eigenvalue weighted by atomic mass is 16.5. The van der Waals surface area contributed by atoms with E-state index in [1.54, 1.807) is 6.08 Å². The Morgan fingerprint density at radius 1 is 1.47 bits per heavy atom. The van der Waals surface area contributed by atoms with Gasteiger partial charge in [-0.1, -0.05) is 31.2 Å². The minimum atomic E-state index is -0.852. The van der Waals surface area contributed by atoms with Gasteiger partial charge in [0.2, 0.25) is 0 Å². The minimum absolute atomic E-state index is 0.105. The van der Waals surface area contributed by atoms with E-state index in [1.807, 2.05) is 13.0 Å². The van der Waals surface area contributed by atoms with E-state index in [1.165, 1.54) is 11.1 Å². The zero-order valence-corrected chi connectivity index (χ0v) is 11.3. The third-order valence-electron chi connectivity index (χ3n) is 3.60. The molecule has 102 valence electrons. The maximum Gasteiger partial charge on any atom is 0.331 e.